The van der Waals surface area contributed by atoms with Crippen LogP contribution in [-0.2, 0) is 9.53 Å². The number of nitrogens with two attached hydrogens (primary N) is 2. The van der Waals surface area contributed by atoms with E-state index in [1.165, 1.54) is 0 Å². The summed E-state index contributed by atoms with van der Waals surface area (Å²) < 4.78 is 5.25. The Bertz CT molecular complexity index is 463. The Kier molecular flexibility index (Phi) is 3.73. The molecule has 2 heterocycles. The molecule has 1 aliphatic rings. The zero-order chi connectivity index (χ0) is 13.1. The summed E-state index contributed by atoms with van der Waals surface area (Å²) in [5.74, 6) is -0.409. The lowest BCUT2D eigenvalue weighted by Crippen LogP contribution is -2.52. The van der Waals surface area contributed by atoms with E-state index in [0.29, 0.717) is 25.5 Å². The molecule has 96 valence electrons. The number of anilines is 1. The number of rotatable bonds is 3. The molecule has 1 saturated heterocycles. The second kappa shape index (κ2) is 5.28. The van der Waals surface area contributed by atoms with Crippen molar-refractivity contribution in [3.63, 3.8) is 0 Å². The first kappa shape index (κ1) is 12.7. The molecule has 1 aromatic heterocycles. The molecule has 6 nitrogen and oxygen atoms in total. The first-order valence-corrected chi connectivity index (χ1v) is 5.90. The van der Waals surface area contributed by atoms with E-state index >= 15 is 0 Å². The molecule has 0 spiro atoms. The normalized spacial score (nSPS) is 19.6. The van der Waals surface area contributed by atoms with Gasteiger partial charge in [0.2, 0.25) is 5.91 Å². The van der Waals surface area contributed by atoms with Crippen LogP contribution in [0.3, 0.4) is 0 Å². The lowest BCUT2D eigenvalue weighted by Gasteiger charge is -2.35. The Balaban J connectivity index is 2.23. The highest BCUT2D eigenvalue weighted by Crippen LogP contribution is 2.18. The van der Waals surface area contributed by atoms with Crippen molar-refractivity contribution < 1.29 is 9.53 Å². The maximum atomic E-state index is 11.4. The van der Waals surface area contributed by atoms with Crippen molar-refractivity contribution in [1.29, 1.82) is 0 Å². The molecule has 0 saturated carbocycles. The summed E-state index contributed by atoms with van der Waals surface area (Å²) in [6.45, 7) is 1.45. The summed E-state index contributed by atoms with van der Waals surface area (Å²) in [4.78, 5) is 17.6. The van der Waals surface area contributed by atoms with E-state index in [4.69, 9.17) is 28.4 Å². The monoisotopic (exact) mass is 266 g/mol. The van der Waals surface area contributed by atoms with Gasteiger partial charge in [-0.3, -0.25) is 9.78 Å². The van der Waals surface area contributed by atoms with Crippen LogP contribution in [0, 0.1) is 0 Å². The van der Waals surface area contributed by atoms with Crippen molar-refractivity contribution in [2.24, 2.45) is 11.5 Å². The van der Waals surface area contributed by atoms with Crippen LogP contribution >= 0.6 is 12.2 Å². The molecule has 0 radical (unpaired) electrons. The van der Waals surface area contributed by atoms with E-state index in [1.54, 1.807) is 12.3 Å². The van der Waals surface area contributed by atoms with Crippen LogP contribution < -0.4 is 16.4 Å². The van der Waals surface area contributed by atoms with Gasteiger partial charge in [0.05, 0.1) is 30.8 Å². The van der Waals surface area contributed by atoms with E-state index in [0.717, 1.165) is 5.69 Å². The highest BCUT2D eigenvalue weighted by atomic mass is 32.1. The van der Waals surface area contributed by atoms with Gasteiger partial charge in [-0.25, -0.2) is 0 Å². The summed E-state index contributed by atoms with van der Waals surface area (Å²) in [6.07, 6.45) is 1.63. The molecule has 1 atom stereocenters. The molecule has 0 aromatic carbocycles. The van der Waals surface area contributed by atoms with Crippen LogP contribution in [0.4, 0.5) is 5.69 Å². The number of ether oxygens (including phenoxy) is 1. The SMILES string of the molecule is NC(=O)C1COCCN1c1ccc(C(N)=S)nc1. The maximum Gasteiger partial charge on any atom is 0.242 e. The second-order valence-electron chi connectivity index (χ2n) is 3.95. The molecule has 1 unspecified atom stereocenters. The Hall–Kier alpha value is -1.73. The summed E-state index contributed by atoms with van der Waals surface area (Å²) in [5, 5.41) is 0. The third kappa shape index (κ3) is 2.57. The number of pyridine rings is 1. The van der Waals surface area contributed by atoms with Gasteiger partial charge in [-0.15, -0.1) is 0 Å². The van der Waals surface area contributed by atoms with Gasteiger partial charge >= 0.3 is 0 Å². The third-order valence-corrected chi connectivity index (χ3v) is 3.00. The van der Waals surface area contributed by atoms with Crippen LogP contribution in [0.25, 0.3) is 0 Å². The first-order chi connectivity index (χ1) is 8.59. The Morgan fingerprint density at radius 1 is 1.50 bits per heavy atom. The predicted octanol–water partition coefficient (Wildman–Crippen LogP) is -0.594. The zero-order valence-corrected chi connectivity index (χ0v) is 10.5. The fourth-order valence-corrected chi connectivity index (χ4v) is 1.97. The van der Waals surface area contributed by atoms with Crippen LogP contribution in [0.15, 0.2) is 18.3 Å². The zero-order valence-electron chi connectivity index (χ0n) is 9.70. The lowest BCUT2D eigenvalue weighted by molar-refractivity contribution is -0.121. The number of carbonyl (C=O) groups is 1. The number of hydrogen-bond donors (Lipinski definition) is 2. The fourth-order valence-electron chi connectivity index (χ4n) is 1.85. The molecule has 0 aliphatic carbocycles. The van der Waals surface area contributed by atoms with Gasteiger partial charge in [0.15, 0.2) is 0 Å². The number of amides is 1. The van der Waals surface area contributed by atoms with Crippen molar-refractivity contribution in [2.45, 2.75) is 6.04 Å². The maximum absolute atomic E-state index is 11.4. The molecule has 7 heteroatoms. The molecular weight excluding hydrogens is 252 g/mol. The molecule has 4 N–H and O–H groups in total. The van der Waals surface area contributed by atoms with Gasteiger partial charge in [0.1, 0.15) is 11.0 Å². The standard InChI is InChI=1S/C11H14N4O2S/c12-10(16)9-6-17-4-3-15(9)7-1-2-8(11(13)18)14-5-7/h1-2,5,9H,3-4,6H2,(H2,12,16)(H2,13,18). The molecular formula is C11H14N4O2S. The summed E-state index contributed by atoms with van der Waals surface area (Å²) in [7, 11) is 0. The Morgan fingerprint density at radius 3 is 2.83 bits per heavy atom. The first-order valence-electron chi connectivity index (χ1n) is 5.49. The van der Waals surface area contributed by atoms with Gasteiger partial charge in [-0.2, -0.15) is 0 Å². The van der Waals surface area contributed by atoms with Crippen molar-refractivity contribution >= 4 is 28.8 Å². The van der Waals surface area contributed by atoms with Gasteiger partial charge in [-0.1, -0.05) is 12.2 Å². The van der Waals surface area contributed by atoms with Crippen molar-refractivity contribution in [1.82, 2.24) is 4.98 Å². The van der Waals surface area contributed by atoms with Crippen LogP contribution in [0.1, 0.15) is 5.69 Å². The Morgan fingerprint density at radius 2 is 2.28 bits per heavy atom. The number of thiocarbonyl (C=S) groups is 1. The number of aromatic nitrogens is 1. The number of primary amides is 1. The topological polar surface area (TPSA) is 94.5 Å². The quantitative estimate of drug-likeness (QED) is 0.710. The smallest absolute Gasteiger partial charge is 0.242 e. The van der Waals surface area contributed by atoms with Crippen LogP contribution in [-0.4, -0.2) is 41.7 Å². The van der Waals surface area contributed by atoms with E-state index in [1.807, 2.05) is 11.0 Å². The highest BCUT2D eigenvalue weighted by Gasteiger charge is 2.27. The second-order valence-corrected chi connectivity index (χ2v) is 4.39. The van der Waals surface area contributed by atoms with Crippen molar-refractivity contribution in [3.05, 3.63) is 24.0 Å². The van der Waals surface area contributed by atoms with Crippen LogP contribution in [0.2, 0.25) is 0 Å². The molecule has 1 aromatic rings. The predicted molar refractivity (Wildman–Crippen MR) is 71.3 cm³/mol. The van der Waals surface area contributed by atoms with Crippen molar-refractivity contribution in [3.8, 4) is 0 Å². The minimum atomic E-state index is -0.462. The van der Waals surface area contributed by atoms with E-state index in [9.17, 15) is 4.79 Å². The van der Waals surface area contributed by atoms with Gasteiger partial charge in [0, 0.05) is 6.54 Å². The molecule has 2 rings (SSSR count). The number of hydrogen-bond acceptors (Lipinski definition) is 5. The number of carbonyl (C=O) groups excluding carboxylic acids is 1. The number of nitrogens with zero attached hydrogens (tertiary/aromatic N) is 2. The van der Waals surface area contributed by atoms with Crippen molar-refractivity contribution in [2.75, 3.05) is 24.7 Å². The average Bonchev–Trinajstić information content (AvgIpc) is 2.39. The average molecular weight is 266 g/mol. The molecule has 18 heavy (non-hydrogen) atoms. The minimum Gasteiger partial charge on any atom is -0.388 e. The fraction of sp³-hybridized carbons (Fsp3) is 0.364. The largest absolute Gasteiger partial charge is 0.388 e. The number of morpholine rings is 1. The lowest BCUT2D eigenvalue weighted by atomic mass is 10.2. The Labute approximate surface area is 110 Å². The van der Waals surface area contributed by atoms with Gasteiger partial charge < -0.3 is 21.1 Å². The molecule has 1 fully saturated rings. The molecule has 1 amide bonds. The van der Waals surface area contributed by atoms with E-state index < -0.39 is 11.9 Å². The summed E-state index contributed by atoms with van der Waals surface area (Å²) >= 11 is 4.83. The highest BCUT2D eigenvalue weighted by molar-refractivity contribution is 7.80. The molecule has 1 aliphatic heterocycles. The third-order valence-electron chi connectivity index (χ3n) is 2.79. The van der Waals surface area contributed by atoms with Gasteiger partial charge in [0.25, 0.3) is 0 Å². The summed E-state index contributed by atoms with van der Waals surface area (Å²) in [5.41, 5.74) is 12.2. The van der Waals surface area contributed by atoms with Gasteiger partial charge in [-0.05, 0) is 12.1 Å². The molecule has 0 bridgehead atoms. The van der Waals surface area contributed by atoms with Crippen LogP contribution in [0.5, 0.6) is 0 Å². The minimum absolute atomic E-state index is 0.245. The van der Waals surface area contributed by atoms with E-state index in [-0.39, 0.29) is 4.99 Å². The summed E-state index contributed by atoms with van der Waals surface area (Å²) in [6, 6.07) is 3.09. The van der Waals surface area contributed by atoms with E-state index in [2.05, 4.69) is 4.98 Å².